The topological polar surface area (TPSA) is 51.7 Å². The molecule has 0 spiro atoms. The molecule has 3 atom stereocenters. The lowest BCUT2D eigenvalue weighted by Gasteiger charge is -2.22. The Kier molecular flexibility index (Phi) is 4.46. The monoisotopic (exact) mass is 342 g/mol. The first-order chi connectivity index (χ1) is 12.2. The van der Waals surface area contributed by atoms with Crippen molar-refractivity contribution in [3.63, 3.8) is 0 Å². The fraction of sp³-hybridized carbons (Fsp3) is 0.368. The molecular formula is C19H19FN2O3. The summed E-state index contributed by atoms with van der Waals surface area (Å²) < 4.78 is 24.7. The van der Waals surface area contributed by atoms with Crippen LogP contribution < -0.4 is 0 Å². The molecule has 2 aliphatic rings. The summed E-state index contributed by atoms with van der Waals surface area (Å²) >= 11 is 0. The quantitative estimate of drug-likeness (QED) is 0.855. The Bertz CT molecular complexity index is 738. The van der Waals surface area contributed by atoms with E-state index >= 15 is 0 Å². The molecule has 2 aromatic rings. The molecule has 0 saturated carbocycles. The highest BCUT2D eigenvalue weighted by Crippen LogP contribution is 2.33. The molecule has 0 bridgehead atoms. The summed E-state index contributed by atoms with van der Waals surface area (Å²) in [5.74, 6) is -0.285. The van der Waals surface area contributed by atoms with Crippen LogP contribution in [-0.2, 0) is 16.1 Å². The van der Waals surface area contributed by atoms with Gasteiger partial charge in [-0.3, -0.25) is 9.78 Å². The third-order valence-corrected chi connectivity index (χ3v) is 4.89. The summed E-state index contributed by atoms with van der Waals surface area (Å²) in [6.07, 6.45) is 3.43. The van der Waals surface area contributed by atoms with Gasteiger partial charge in [-0.1, -0.05) is 6.07 Å². The van der Waals surface area contributed by atoms with Gasteiger partial charge in [-0.25, -0.2) is 4.39 Å². The summed E-state index contributed by atoms with van der Waals surface area (Å²) in [6.45, 7) is 2.09. The number of carbonyl (C=O) groups excluding carboxylic acids is 1. The molecule has 2 fully saturated rings. The maximum absolute atomic E-state index is 13.1. The summed E-state index contributed by atoms with van der Waals surface area (Å²) in [4.78, 5) is 18.7. The van der Waals surface area contributed by atoms with E-state index < -0.39 is 0 Å². The molecule has 0 aliphatic carbocycles. The third-order valence-electron chi connectivity index (χ3n) is 4.89. The van der Waals surface area contributed by atoms with Gasteiger partial charge >= 0.3 is 0 Å². The summed E-state index contributed by atoms with van der Waals surface area (Å²) in [6, 6.07) is 9.51. The molecule has 4 rings (SSSR count). The number of hydrogen-bond acceptors (Lipinski definition) is 4. The molecule has 6 heteroatoms. The van der Waals surface area contributed by atoms with Gasteiger partial charge in [0.05, 0.1) is 32.0 Å². The van der Waals surface area contributed by atoms with Crippen molar-refractivity contribution >= 4 is 5.91 Å². The Morgan fingerprint density at radius 2 is 2.12 bits per heavy atom. The molecular weight excluding hydrogens is 323 g/mol. The average Bonchev–Trinajstić information content (AvgIpc) is 3.24. The van der Waals surface area contributed by atoms with Crippen LogP contribution >= 0.6 is 0 Å². The van der Waals surface area contributed by atoms with Gasteiger partial charge < -0.3 is 14.4 Å². The van der Waals surface area contributed by atoms with Crippen LogP contribution in [-0.4, -0.2) is 47.7 Å². The van der Waals surface area contributed by atoms with Gasteiger partial charge in [-0.05, 0) is 35.9 Å². The lowest BCUT2D eigenvalue weighted by Crippen LogP contribution is -2.38. The first-order valence-electron chi connectivity index (χ1n) is 8.37. The maximum atomic E-state index is 13.1. The highest BCUT2D eigenvalue weighted by Gasteiger charge is 2.48. The maximum Gasteiger partial charge on any atom is 0.254 e. The van der Waals surface area contributed by atoms with Crippen LogP contribution in [0.4, 0.5) is 4.39 Å². The van der Waals surface area contributed by atoms with E-state index in [0.29, 0.717) is 31.9 Å². The SMILES string of the molecule is O=C(c1ccc(F)cc1)N1C[C@@H](OCc2cccnc2)[C@@H]2COC[C@@H]21. The van der Waals surface area contributed by atoms with Gasteiger partial charge in [0.2, 0.25) is 0 Å². The number of ether oxygens (including phenoxy) is 2. The van der Waals surface area contributed by atoms with E-state index in [4.69, 9.17) is 9.47 Å². The molecule has 1 amide bonds. The van der Waals surface area contributed by atoms with Crippen LogP contribution in [0.5, 0.6) is 0 Å². The van der Waals surface area contributed by atoms with Crippen molar-refractivity contribution in [1.82, 2.24) is 9.88 Å². The number of benzene rings is 1. The number of amides is 1. The second-order valence-corrected chi connectivity index (χ2v) is 6.44. The van der Waals surface area contributed by atoms with Crippen molar-refractivity contribution in [3.05, 3.63) is 65.7 Å². The molecule has 2 aliphatic heterocycles. The molecule has 0 N–H and O–H groups in total. The number of fused-ring (bicyclic) bond motifs is 1. The van der Waals surface area contributed by atoms with Crippen molar-refractivity contribution in [3.8, 4) is 0 Å². The number of halogens is 1. The van der Waals surface area contributed by atoms with Crippen LogP contribution in [0.15, 0.2) is 48.8 Å². The first kappa shape index (κ1) is 16.2. The molecule has 0 radical (unpaired) electrons. The summed E-state index contributed by atoms with van der Waals surface area (Å²) in [5.41, 5.74) is 1.49. The van der Waals surface area contributed by atoms with E-state index in [9.17, 15) is 9.18 Å². The number of pyridine rings is 1. The number of nitrogens with zero attached hydrogens (tertiary/aromatic N) is 2. The predicted octanol–water partition coefficient (Wildman–Crippen LogP) is 2.28. The predicted molar refractivity (Wildman–Crippen MR) is 88.3 cm³/mol. The lowest BCUT2D eigenvalue weighted by molar-refractivity contribution is 0.00925. The lowest BCUT2D eigenvalue weighted by atomic mass is 10.0. The highest BCUT2D eigenvalue weighted by atomic mass is 19.1. The smallest absolute Gasteiger partial charge is 0.254 e. The molecule has 130 valence electrons. The minimum absolute atomic E-state index is 0.0106. The van der Waals surface area contributed by atoms with Crippen LogP contribution in [0.1, 0.15) is 15.9 Å². The minimum atomic E-state index is -0.349. The van der Waals surface area contributed by atoms with Crippen molar-refractivity contribution in [2.75, 3.05) is 19.8 Å². The van der Waals surface area contributed by atoms with Gasteiger partial charge in [0.1, 0.15) is 5.82 Å². The van der Waals surface area contributed by atoms with E-state index in [-0.39, 0.29) is 29.8 Å². The number of aromatic nitrogens is 1. The van der Waals surface area contributed by atoms with Gasteiger partial charge in [0, 0.05) is 30.4 Å². The van der Waals surface area contributed by atoms with E-state index in [1.807, 2.05) is 12.1 Å². The fourth-order valence-corrected chi connectivity index (χ4v) is 3.56. The molecule has 5 nitrogen and oxygen atoms in total. The van der Waals surface area contributed by atoms with Crippen LogP contribution in [0.25, 0.3) is 0 Å². The molecule has 1 aromatic carbocycles. The second kappa shape index (κ2) is 6.90. The van der Waals surface area contributed by atoms with Crippen LogP contribution in [0.3, 0.4) is 0 Å². The third kappa shape index (κ3) is 3.27. The van der Waals surface area contributed by atoms with Crippen molar-refractivity contribution in [1.29, 1.82) is 0 Å². The first-order valence-corrected chi connectivity index (χ1v) is 8.37. The number of rotatable bonds is 4. The number of likely N-dealkylation sites (tertiary alicyclic amines) is 1. The fourth-order valence-electron chi connectivity index (χ4n) is 3.56. The summed E-state index contributed by atoms with van der Waals surface area (Å²) in [7, 11) is 0. The van der Waals surface area contributed by atoms with E-state index in [1.165, 1.54) is 24.3 Å². The zero-order chi connectivity index (χ0) is 17.2. The van der Waals surface area contributed by atoms with Gasteiger partial charge in [-0.2, -0.15) is 0 Å². The van der Waals surface area contributed by atoms with Gasteiger partial charge in [0.25, 0.3) is 5.91 Å². The summed E-state index contributed by atoms with van der Waals surface area (Å²) in [5, 5.41) is 0. The second-order valence-electron chi connectivity index (χ2n) is 6.44. The van der Waals surface area contributed by atoms with Gasteiger partial charge in [0.15, 0.2) is 0 Å². The molecule has 2 saturated heterocycles. The standard InChI is InChI=1S/C19H19FN2O3/c20-15-5-3-14(4-6-15)19(23)22-9-18(16-11-24-12-17(16)22)25-10-13-2-1-7-21-8-13/h1-8,16-18H,9-12H2/t16-,17+,18-/m1/s1. The van der Waals surface area contributed by atoms with Crippen molar-refractivity contribution in [2.24, 2.45) is 5.92 Å². The highest BCUT2D eigenvalue weighted by molar-refractivity contribution is 5.94. The zero-order valence-electron chi connectivity index (χ0n) is 13.7. The normalized spacial score (nSPS) is 25.2. The van der Waals surface area contributed by atoms with Crippen molar-refractivity contribution in [2.45, 2.75) is 18.8 Å². The minimum Gasteiger partial charge on any atom is -0.379 e. The van der Waals surface area contributed by atoms with E-state index in [1.54, 1.807) is 17.3 Å². The Morgan fingerprint density at radius 3 is 2.88 bits per heavy atom. The Balaban J connectivity index is 1.46. The zero-order valence-corrected chi connectivity index (χ0v) is 13.7. The molecule has 0 unspecified atom stereocenters. The Labute approximate surface area is 145 Å². The average molecular weight is 342 g/mol. The van der Waals surface area contributed by atoms with E-state index in [2.05, 4.69) is 4.98 Å². The van der Waals surface area contributed by atoms with Crippen LogP contribution in [0, 0.1) is 11.7 Å². The van der Waals surface area contributed by atoms with Crippen LogP contribution in [0.2, 0.25) is 0 Å². The van der Waals surface area contributed by atoms with Crippen molar-refractivity contribution < 1.29 is 18.7 Å². The largest absolute Gasteiger partial charge is 0.379 e. The molecule has 1 aromatic heterocycles. The molecule has 25 heavy (non-hydrogen) atoms. The number of carbonyl (C=O) groups is 1. The molecule has 3 heterocycles. The van der Waals surface area contributed by atoms with Gasteiger partial charge in [-0.15, -0.1) is 0 Å². The number of hydrogen-bond donors (Lipinski definition) is 0. The Hall–Kier alpha value is -2.31. The Morgan fingerprint density at radius 1 is 1.28 bits per heavy atom. The van der Waals surface area contributed by atoms with E-state index in [0.717, 1.165) is 5.56 Å².